The lowest BCUT2D eigenvalue weighted by Gasteiger charge is -2.00. The standard InChI is InChI=1S/C16H17N7O3/c1-2-5-23-7-10(13(22-23)14(18)24)20-15(25)11-8-26-16(21-11)9-3-4-19-12(17)6-9/h3-4,6-8H,2,5H2,1H3,(H2,17,19)(H2,18,24)(H,20,25). The molecule has 2 amide bonds. The van der Waals surface area contributed by atoms with Crippen LogP contribution in [0.4, 0.5) is 11.5 Å². The van der Waals surface area contributed by atoms with E-state index in [-0.39, 0.29) is 23.0 Å². The van der Waals surface area contributed by atoms with E-state index in [4.69, 9.17) is 15.9 Å². The number of primary amides is 1. The van der Waals surface area contributed by atoms with Crippen molar-refractivity contribution in [3.63, 3.8) is 0 Å². The number of anilines is 2. The van der Waals surface area contributed by atoms with Crippen molar-refractivity contribution in [2.45, 2.75) is 19.9 Å². The summed E-state index contributed by atoms with van der Waals surface area (Å²) in [5.41, 5.74) is 11.8. The van der Waals surface area contributed by atoms with E-state index in [0.29, 0.717) is 17.9 Å². The Bertz CT molecular complexity index is 960. The number of nitrogen functional groups attached to an aromatic ring is 1. The number of aromatic nitrogens is 4. The SMILES string of the molecule is CCCn1cc(NC(=O)c2coc(-c3ccnc(N)c3)n2)c(C(N)=O)n1. The van der Waals surface area contributed by atoms with Gasteiger partial charge in [-0.2, -0.15) is 5.10 Å². The van der Waals surface area contributed by atoms with Crippen LogP contribution in [-0.4, -0.2) is 31.6 Å². The van der Waals surface area contributed by atoms with Gasteiger partial charge in [0.25, 0.3) is 11.8 Å². The number of hydrogen-bond donors (Lipinski definition) is 3. The lowest BCUT2D eigenvalue weighted by molar-refractivity contribution is 0.0995. The van der Waals surface area contributed by atoms with Crippen LogP contribution in [0.1, 0.15) is 34.3 Å². The molecule has 0 aliphatic rings. The van der Waals surface area contributed by atoms with Gasteiger partial charge in [0.15, 0.2) is 11.4 Å². The minimum absolute atomic E-state index is 0.0163. The van der Waals surface area contributed by atoms with Crippen molar-refractivity contribution < 1.29 is 14.0 Å². The van der Waals surface area contributed by atoms with Crippen LogP contribution in [-0.2, 0) is 6.54 Å². The monoisotopic (exact) mass is 355 g/mol. The molecular formula is C16H17N7O3. The average Bonchev–Trinajstić information content (AvgIpc) is 3.22. The van der Waals surface area contributed by atoms with E-state index >= 15 is 0 Å². The van der Waals surface area contributed by atoms with Gasteiger partial charge in [0.2, 0.25) is 5.89 Å². The maximum atomic E-state index is 12.4. The number of carbonyl (C=O) groups is 2. The molecule has 0 unspecified atom stereocenters. The molecule has 3 aromatic heterocycles. The van der Waals surface area contributed by atoms with Crippen LogP contribution in [0, 0.1) is 0 Å². The molecule has 0 fully saturated rings. The van der Waals surface area contributed by atoms with Crippen molar-refractivity contribution in [1.29, 1.82) is 0 Å². The van der Waals surface area contributed by atoms with E-state index in [0.717, 1.165) is 6.42 Å². The van der Waals surface area contributed by atoms with Gasteiger partial charge in [-0.15, -0.1) is 0 Å². The van der Waals surface area contributed by atoms with Crippen molar-refractivity contribution >= 4 is 23.3 Å². The first-order chi connectivity index (χ1) is 12.5. The van der Waals surface area contributed by atoms with Gasteiger partial charge in [0.1, 0.15) is 12.1 Å². The molecule has 3 rings (SSSR count). The first kappa shape index (κ1) is 17.1. The number of rotatable bonds is 6. The number of nitrogens with zero attached hydrogens (tertiary/aromatic N) is 4. The summed E-state index contributed by atoms with van der Waals surface area (Å²) in [7, 11) is 0. The minimum Gasteiger partial charge on any atom is -0.444 e. The summed E-state index contributed by atoms with van der Waals surface area (Å²) in [6.07, 6.45) is 5.08. The third-order valence-corrected chi connectivity index (χ3v) is 3.46. The van der Waals surface area contributed by atoms with Gasteiger partial charge in [-0.05, 0) is 18.6 Å². The number of carbonyl (C=O) groups excluding carboxylic acids is 2. The molecule has 0 aliphatic carbocycles. The Morgan fingerprint density at radius 2 is 2.19 bits per heavy atom. The van der Waals surface area contributed by atoms with Crippen molar-refractivity contribution in [2.75, 3.05) is 11.1 Å². The molecule has 0 saturated heterocycles. The summed E-state index contributed by atoms with van der Waals surface area (Å²) in [6.45, 7) is 2.56. The molecule has 0 atom stereocenters. The normalized spacial score (nSPS) is 10.7. The van der Waals surface area contributed by atoms with E-state index in [1.165, 1.54) is 12.5 Å². The molecule has 5 N–H and O–H groups in total. The summed E-state index contributed by atoms with van der Waals surface area (Å²) in [4.78, 5) is 31.9. The highest BCUT2D eigenvalue weighted by atomic mass is 16.3. The molecule has 3 aromatic rings. The molecule has 0 aliphatic heterocycles. The molecule has 3 heterocycles. The molecule has 0 aromatic carbocycles. The van der Waals surface area contributed by atoms with Gasteiger partial charge in [0, 0.05) is 24.5 Å². The molecule has 0 spiro atoms. The molecule has 0 bridgehead atoms. The zero-order valence-corrected chi connectivity index (χ0v) is 14.0. The third kappa shape index (κ3) is 3.53. The van der Waals surface area contributed by atoms with Crippen molar-refractivity contribution in [3.8, 4) is 11.5 Å². The van der Waals surface area contributed by atoms with E-state index in [1.54, 1.807) is 23.0 Å². The second kappa shape index (κ2) is 7.05. The number of pyridine rings is 1. The van der Waals surface area contributed by atoms with E-state index in [1.807, 2.05) is 6.92 Å². The molecule has 0 radical (unpaired) electrons. The van der Waals surface area contributed by atoms with Crippen molar-refractivity contribution in [1.82, 2.24) is 19.7 Å². The molecule has 134 valence electrons. The van der Waals surface area contributed by atoms with Crippen LogP contribution in [0.25, 0.3) is 11.5 Å². The fourth-order valence-electron chi connectivity index (χ4n) is 2.32. The maximum Gasteiger partial charge on any atom is 0.277 e. The number of aryl methyl sites for hydroxylation is 1. The summed E-state index contributed by atoms with van der Waals surface area (Å²) in [6, 6.07) is 3.23. The fraction of sp³-hybridized carbons (Fsp3) is 0.188. The Labute approximate surface area is 148 Å². The molecule has 0 saturated carbocycles. The van der Waals surface area contributed by atoms with E-state index in [9.17, 15) is 9.59 Å². The Balaban J connectivity index is 1.82. The number of nitrogens with one attached hydrogen (secondary N) is 1. The highest BCUT2D eigenvalue weighted by molar-refractivity contribution is 6.07. The smallest absolute Gasteiger partial charge is 0.277 e. The second-order valence-corrected chi connectivity index (χ2v) is 5.48. The van der Waals surface area contributed by atoms with Gasteiger partial charge >= 0.3 is 0 Å². The zero-order valence-electron chi connectivity index (χ0n) is 14.0. The lowest BCUT2D eigenvalue weighted by Crippen LogP contribution is -2.18. The predicted molar refractivity (Wildman–Crippen MR) is 93.1 cm³/mol. The Morgan fingerprint density at radius 3 is 2.88 bits per heavy atom. The number of amides is 2. The topological polar surface area (TPSA) is 155 Å². The summed E-state index contributed by atoms with van der Waals surface area (Å²) >= 11 is 0. The van der Waals surface area contributed by atoms with E-state index in [2.05, 4.69) is 20.4 Å². The largest absolute Gasteiger partial charge is 0.444 e. The van der Waals surface area contributed by atoms with E-state index < -0.39 is 11.8 Å². The number of hydrogen-bond acceptors (Lipinski definition) is 7. The fourth-order valence-corrected chi connectivity index (χ4v) is 2.32. The van der Waals surface area contributed by atoms with Gasteiger partial charge < -0.3 is 21.2 Å². The molecular weight excluding hydrogens is 338 g/mol. The summed E-state index contributed by atoms with van der Waals surface area (Å²) < 4.78 is 6.86. The second-order valence-electron chi connectivity index (χ2n) is 5.48. The van der Waals surface area contributed by atoms with Crippen LogP contribution in [0.3, 0.4) is 0 Å². The van der Waals surface area contributed by atoms with Crippen LogP contribution in [0.2, 0.25) is 0 Å². The zero-order chi connectivity index (χ0) is 18.7. The Kier molecular flexibility index (Phi) is 4.65. The van der Waals surface area contributed by atoms with Crippen molar-refractivity contribution in [3.05, 3.63) is 42.2 Å². The Morgan fingerprint density at radius 1 is 1.38 bits per heavy atom. The quantitative estimate of drug-likeness (QED) is 0.601. The predicted octanol–water partition coefficient (Wildman–Crippen LogP) is 1.28. The highest BCUT2D eigenvalue weighted by Gasteiger charge is 2.19. The summed E-state index contributed by atoms with van der Waals surface area (Å²) in [5, 5.41) is 6.65. The number of nitrogens with two attached hydrogens (primary N) is 2. The van der Waals surface area contributed by atoms with Crippen LogP contribution < -0.4 is 16.8 Å². The van der Waals surface area contributed by atoms with Crippen LogP contribution in [0.15, 0.2) is 35.2 Å². The molecule has 26 heavy (non-hydrogen) atoms. The van der Waals surface area contributed by atoms with Crippen molar-refractivity contribution in [2.24, 2.45) is 5.73 Å². The molecule has 10 heteroatoms. The average molecular weight is 355 g/mol. The number of oxazole rings is 1. The summed E-state index contributed by atoms with van der Waals surface area (Å²) in [5.74, 6) is -0.758. The Hall–Kier alpha value is -3.69. The van der Waals surface area contributed by atoms with Gasteiger partial charge in [0.05, 0.1) is 5.69 Å². The van der Waals surface area contributed by atoms with Crippen LogP contribution >= 0.6 is 0 Å². The van der Waals surface area contributed by atoms with Gasteiger partial charge in [-0.25, -0.2) is 9.97 Å². The molecule has 10 nitrogen and oxygen atoms in total. The lowest BCUT2D eigenvalue weighted by atomic mass is 10.2. The first-order valence-electron chi connectivity index (χ1n) is 7.84. The first-order valence-corrected chi connectivity index (χ1v) is 7.84. The third-order valence-electron chi connectivity index (χ3n) is 3.46. The highest BCUT2D eigenvalue weighted by Crippen LogP contribution is 2.21. The maximum absolute atomic E-state index is 12.4. The minimum atomic E-state index is -0.733. The van der Waals surface area contributed by atoms with Crippen LogP contribution in [0.5, 0.6) is 0 Å². The van der Waals surface area contributed by atoms with Gasteiger partial charge in [-0.3, -0.25) is 14.3 Å². The van der Waals surface area contributed by atoms with Gasteiger partial charge in [-0.1, -0.05) is 6.92 Å².